The largest absolute Gasteiger partial charge is 0.459 e. The molecular formula is C23H28IN3O5. The van der Waals surface area contributed by atoms with Crippen LogP contribution in [0.5, 0.6) is 0 Å². The zero-order valence-corrected chi connectivity index (χ0v) is 21.3. The first-order valence-electron chi connectivity index (χ1n) is 10.5. The summed E-state index contributed by atoms with van der Waals surface area (Å²) in [4.78, 5) is 47.0. The molecule has 9 heteroatoms. The van der Waals surface area contributed by atoms with E-state index in [1.165, 1.54) is 6.20 Å². The minimum absolute atomic E-state index is 0.0447. The summed E-state index contributed by atoms with van der Waals surface area (Å²) in [7, 11) is 0. The van der Waals surface area contributed by atoms with Crippen LogP contribution in [0.15, 0.2) is 18.5 Å². The minimum Gasteiger partial charge on any atom is -0.459 e. The Labute approximate surface area is 201 Å². The number of esters is 2. The van der Waals surface area contributed by atoms with E-state index in [-0.39, 0.29) is 17.5 Å². The van der Waals surface area contributed by atoms with E-state index in [1.807, 2.05) is 0 Å². The molecule has 1 N–H and O–H groups in total. The van der Waals surface area contributed by atoms with Crippen LogP contribution in [-0.2, 0) is 23.9 Å². The summed E-state index contributed by atoms with van der Waals surface area (Å²) in [6.07, 6.45) is 4.87. The molecule has 0 radical (unpaired) electrons. The van der Waals surface area contributed by atoms with Crippen LogP contribution < -0.4 is 5.32 Å². The molecule has 1 aliphatic carbocycles. The van der Waals surface area contributed by atoms with E-state index in [9.17, 15) is 14.4 Å². The van der Waals surface area contributed by atoms with Crippen molar-refractivity contribution in [2.75, 3.05) is 5.32 Å². The van der Waals surface area contributed by atoms with Gasteiger partial charge >= 0.3 is 11.9 Å². The summed E-state index contributed by atoms with van der Waals surface area (Å²) < 4.78 is 11.8. The number of nitrogens with one attached hydrogen (secondary N) is 1. The third kappa shape index (κ3) is 6.14. The number of rotatable bonds is 5. The summed E-state index contributed by atoms with van der Waals surface area (Å²) in [6, 6.07) is 1.73. The van der Waals surface area contributed by atoms with Gasteiger partial charge < -0.3 is 14.8 Å². The first kappa shape index (κ1) is 24.3. The van der Waals surface area contributed by atoms with Crippen LogP contribution in [0.3, 0.4) is 0 Å². The molecule has 0 atom stereocenters. The Hall–Kier alpha value is -2.30. The van der Waals surface area contributed by atoms with Crippen LogP contribution in [-0.4, -0.2) is 39.0 Å². The molecule has 0 saturated heterocycles. The lowest BCUT2D eigenvalue weighted by Crippen LogP contribution is -2.36. The Morgan fingerprint density at radius 2 is 1.53 bits per heavy atom. The number of amides is 1. The Bertz CT molecular complexity index is 1040. The average molecular weight is 553 g/mol. The highest BCUT2D eigenvalue weighted by Crippen LogP contribution is 2.33. The summed E-state index contributed by atoms with van der Waals surface area (Å²) in [6.45, 7) is 10.4. The number of ether oxygens (including phenoxy) is 2. The molecule has 0 aliphatic heterocycles. The number of anilines is 1. The van der Waals surface area contributed by atoms with Crippen molar-refractivity contribution in [2.45, 2.75) is 71.5 Å². The van der Waals surface area contributed by atoms with Crippen molar-refractivity contribution in [2.24, 2.45) is 5.92 Å². The fourth-order valence-electron chi connectivity index (χ4n) is 3.04. The maximum Gasteiger partial charge on any atom is 0.327 e. The summed E-state index contributed by atoms with van der Waals surface area (Å²) in [5.74, 6) is -2.46. The Morgan fingerprint density at radius 3 is 2.03 bits per heavy atom. The predicted octanol–water partition coefficient (Wildman–Crippen LogP) is 4.35. The third-order valence-corrected chi connectivity index (χ3v) is 5.37. The summed E-state index contributed by atoms with van der Waals surface area (Å²) in [5, 5.41) is 4.06. The third-order valence-electron chi connectivity index (χ3n) is 4.51. The molecule has 8 nitrogen and oxygen atoms in total. The number of hydrogen-bond donors (Lipinski definition) is 1. The van der Waals surface area contributed by atoms with Crippen molar-refractivity contribution >= 4 is 57.0 Å². The molecule has 0 aromatic carbocycles. The van der Waals surface area contributed by atoms with Gasteiger partial charge in [-0.15, -0.1) is 0 Å². The van der Waals surface area contributed by atoms with E-state index in [2.05, 4.69) is 37.9 Å². The van der Waals surface area contributed by atoms with E-state index in [0.717, 1.165) is 16.4 Å². The molecule has 2 heterocycles. The number of carbonyl (C=O) groups excluding carboxylic acids is 3. The molecule has 1 fully saturated rings. The number of aromatic nitrogens is 2. The second-order valence-electron chi connectivity index (χ2n) is 9.87. The fourth-order valence-corrected chi connectivity index (χ4v) is 3.62. The predicted molar refractivity (Wildman–Crippen MR) is 128 cm³/mol. The van der Waals surface area contributed by atoms with Crippen molar-refractivity contribution in [3.8, 4) is 0 Å². The molecule has 32 heavy (non-hydrogen) atoms. The smallest absolute Gasteiger partial charge is 0.327 e. The quantitative estimate of drug-likeness (QED) is 0.333. The van der Waals surface area contributed by atoms with Gasteiger partial charge in [-0.05, 0) is 83.0 Å². The van der Waals surface area contributed by atoms with Gasteiger partial charge in [-0.25, -0.2) is 4.98 Å². The lowest BCUT2D eigenvalue weighted by atomic mass is 9.99. The standard InChI is InChI=1S/C23H28IN3O5/c1-22(2,3)31-20(29)17(21(30)32-23(4,5)6)18-14-10-25-16(27-19(28)12-7-8-12)9-13(14)15(24)11-26-18/h9-12,17H,7-8H2,1-6H3,(H,25,27,28). The van der Waals surface area contributed by atoms with E-state index in [1.54, 1.807) is 53.8 Å². The molecular weight excluding hydrogens is 525 g/mol. The van der Waals surface area contributed by atoms with Crippen LogP contribution in [0.1, 0.15) is 66.0 Å². The fraction of sp³-hybridized carbons (Fsp3) is 0.522. The normalized spacial score (nSPS) is 14.4. The van der Waals surface area contributed by atoms with Crippen molar-refractivity contribution in [1.29, 1.82) is 0 Å². The number of fused-ring (bicyclic) bond motifs is 1. The topological polar surface area (TPSA) is 107 Å². The number of carbonyl (C=O) groups is 3. The first-order valence-corrected chi connectivity index (χ1v) is 11.5. The first-order chi connectivity index (χ1) is 14.7. The lowest BCUT2D eigenvalue weighted by Gasteiger charge is -2.26. The van der Waals surface area contributed by atoms with Gasteiger partial charge in [0.1, 0.15) is 17.0 Å². The maximum absolute atomic E-state index is 13.1. The molecule has 3 rings (SSSR count). The Morgan fingerprint density at radius 1 is 0.969 bits per heavy atom. The van der Waals surface area contributed by atoms with Crippen LogP contribution in [0.2, 0.25) is 0 Å². The van der Waals surface area contributed by atoms with Crippen LogP contribution >= 0.6 is 22.6 Å². The highest BCUT2D eigenvalue weighted by molar-refractivity contribution is 14.1. The van der Waals surface area contributed by atoms with Gasteiger partial charge in [-0.1, -0.05) is 0 Å². The minimum atomic E-state index is -1.37. The van der Waals surface area contributed by atoms with Crippen LogP contribution in [0.4, 0.5) is 5.82 Å². The number of nitrogens with zero attached hydrogens (tertiary/aromatic N) is 2. The SMILES string of the molecule is CC(C)(C)OC(=O)C(C(=O)OC(C)(C)C)c1ncc(I)c2cc(NC(=O)C3CC3)ncc12. The van der Waals surface area contributed by atoms with Gasteiger partial charge in [0.05, 0.1) is 5.69 Å². The molecule has 1 amide bonds. The zero-order valence-electron chi connectivity index (χ0n) is 19.1. The molecule has 2 aromatic heterocycles. The van der Waals surface area contributed by atoms with Crippen molar-refractivity contribution in [1.82, 2.24) is 9.97 Å². The maximum atomic E-state index is 13.1. The monoisotopic (exact) mass is 553 g/mol. The number of hydrogen-bond acceptors (Lipinski definition) is 7. The molecule has 0 spiro atoms. The van der Waals surface area contributed by atoms with Gasteiger partial charge in [-0.3, -0.25) is 19.4 Å². The van der Waals surface area contributed by atoms with Crippen LogP contribution in [0, 0.1) is 9.49 Å². The van der Waals surface area contributed by atoms with Gasteiger partial charge in [-0.2, -0.15) is 0 Å². The average Bonchev–Trinajstić information content (AvgIpc) is 3.46. The second-order valence-corrected chi connectivity index (χ2v) is 11.0. The molecule has 1 saturated carbocycles. The highest BCUT2D eigenvalue weighted by Gasteiger charge is 2.38. The lowest BCUT2D eigenvalue weighted by molar-refractivity contribution is -0.169. The van der Waals surface area contributed by atoms with E-state index < -0.39 is 29.1 Å². The summed E-state index contributed by atoms with van der Waals surface area (Å²) >= 11 is 2.12. The van der Waals surface area contributed by atoms with Gasteiger partial charge in [0, 0.05) is 32.7 Å². The van der Waals surface area contributed by atoms with Gasteiger partial charge in [0.2, 0.25) is 5.91 Å². The Kier molecular flexibility index (Phi) is 6.78. The molecule has 0 unspecified atom stereocenters. The molecule has 172 valence electrons. The van der Waals surface area contributed by atoms with Crippen molar-refractivity contribution in [3.05, 3.63) is 27.7 Å². The second kappa shape index (κ2) is 8.92. The van der Waals surface area contributed by atoms with Crippen LogP contribution in [0.25, 0.3) is 10.8 Å². The zero-order chi connectivity index (χ0) is 23.8. The van der Waals surface area contributed by atoms with E-state index >= 15 is 0 Å². The highest BCUT2D eigenvalue weighted by atomic mass is 127. The molecule has 1 aliphatic rings. The molecule has 0 bridgehead atoms. The van der Waals surface area contributed by atoms with Crippen molar-refractivity contribution < 1.29 is 23.9 Å². The van der Waals surface area contributed by atoms with E-state index in [4.69, 9.17) is 9.47 Å². The summed E-state index contributed by atoms with van der Waals surface area (Å²) in [5.41, 5.74) is -1.39. The number of halogens is 1. The Balaban J connectivity index is 2.06. The number of pyridine rings is 2. The van der Waals surface area contributed by atoms with Gasteiger partial charge in [0.25, 0.3) is 0 Å². The van der Waals surface area contributed by atoms with E-state index in [0.29, 0.717) is 16.6 Å². The molecule has 2 aromatic rings. The van der Waals surface area contributed by atoms with Gasteiger partial charge in [0.15, 0.2) is 5.92 Å². The van der Waals surface area contributed by atoms with Crippen molar-refractivity contribution in [3.63, 3.8) is 0 Å².